The standard InChI is InChI=1S/C7H12O3S/c1-2-7(8)6-3-4-11(9,10)5-6/h6H,2-5H2,1H3/t6-/m0/s1. The monoisotopic (exact) mass is 176 g/mol. The minimum Gasteiger partial charge on any atom is -0.299 e. The molecule has 0 radical (unpaired) electrons. The van der Waals surface area contributed by atoms with Crippen LogP contribution in [0, 0.1) is 5.92 Å². The highest BCUT2D eigenvalue weighted by molar-refractivity contribution is 7.91. The summed E-state index contributed by atoms with van der Waals surface area (Å²) in [4.78, 5) is 11.0. The number of sulfone groups is 1. The third-order valence-corrected chi connectivity index (χ3v) is 3.80. The summed E-state index contributed by atoms with van der Waals surface area (Å²) in [6.07, 6.45) is 0.995. The van der Waals surface area contributed by atoms with Gasteiger partial charge in [-0.2, -0.15) is 0 Å². The van der Waals surface area contributed by atoms with E-state index >= 15 is 0 Å². The molecule has 0 aromatic carbocycles. The van der Waals surface area contributed by atoms with Crippen molar-refractivity contribution in [1.29, 1.82) is 0 Å². The van der Waals surface area contributed by atoms with Crippen LogP contribution in [0.4, 0.5) is 0 Å². The van der Waals surface area contributed by atoms with Crippen LogP contribution in [-0.4, -0.2) is 25.7 Å². The van der Waals surface area contributed by atoms with E-state index < -0.39 is 9.84 Å². The lowest BCUT2D eigenvalue weighted by atomic mass is 10.0. The van der Waals surface area contributed by atoms with E-state index in [0.29, 0.717) is 12.8 Å². The minimum absolute atomic E-state index is 0.0830. The van der Waals surface area contributed by atoms with E-state index in [4.69, 9.17) is 0 Å². The van der Waals surface area contributed by atoms with Crippen LogP contribution in [0.25, 0.3) is 0 Å². The second kappa shape index (κ2) is 2.93. The highest BCUT2D eigenvalue weighted by Gasteiger charge is 2.31. The second-order valence-electron chi connectivity index (χ2n) is 2.92. The zero-order chi connectivity index (χ0) is 8.48. The Morgan fingerprint density at radius 3 is 2.55 bits per heavy atom. The molecule has 1 saturated heterocycles. The smallest absolute Gasteiger partial charge is 0.151 e. The van der Waals surface area contributed by atoms with E-state index in [1.807, 2.05) is 0 Å². The Kier molecular flexibility index (Phi) is 2.32. The van der Waals surface area contributed by atoms with Crippen molar-refractivity contribution >= 4 is 15.6 Å². The lowest BCUT2D eigenvalue weighted by Gasteiger charge is -2.01. The fourth-order valence-corrected chi connectivity index (χ4v) is 3.11. The first-order valence-corrected chi connectivity index (χ1v) is 5.60. The molecule has 4 heteroatoms. The van der Waals surface area contributed by atoms with Gasteiger partial charge in [-0.3, -0.25) is 4.79 Å². The van der Waals surface area contributed by atoms with Crippen LogP contribution < -0.4 is 0 Å². The molecule has 1 fully saturated rings. The first-order valence-electron chi connectivity index (χ1n) is 3.78. The predicted molar refractivity (Wildman–Crippen MR) is 42.1 cm³/mol. The van der Waals surface area contributed by atoms with Crippen molar-refractivity contribution in [2.75, 3.05) is 11.5 Å². The molecule has 3 nitrogen and oxygen atoms in total. The van der Waals surface area contributed by atoms with E-state index in [-0.39, 0.29) is 23.2 Å². The van der Waals surface area contributed by atoms with Crippen molar-refractivity contribution < 1.29 is 13.2 Å². The number of hydrogen-bond acceptors (Lipinski definition) is 3. The maximum Gasteiger partial charge on any atom is 0.151 e. The van der Waals surface area contributed by atoms with Gasteiger partial charge in [0.05, 0.1) is 11.5 Å². The van der Waals surface area contributed by atoms with Crippen LogP contribution in [0.5, 0.6) is 0 Å². The van der Waals surface area contributed by atoms with Gasteiger partial charge in [-0.05, 0) is 6.42 Å². The minimum atomic E-state index is -2.87. The molecule has 1 atom stereocenters. The molecule has 1 aliphatic rings. The first-order chi connectivity index (χ1) is 5.05. The molecule has 1 aliphatic heterocycles. The van der Waals surface area contributed by atoms with Crippen LogP contribution >= 0.6 is 0 Å². The highest BCUT2D eigenvalue weighted by Crippen LogP contribution is 2.19. The molecule has 0 spiro atoms. The Hall–Kier alpha value is -0.380. The van der Waals surface area contributed by atoms with Gasteiger partial charge < -0.3 is 0 Å². The van der Waals surface area contributed by atoms with Crippen LogP contribution in [0.2, 0.25) is 0 Å². The van der Waals surface area contributed by atoms with Gasteiger partial charge in [0.15, 0.2) is 9.84 Å². The van der Waals surface area contributed by atoms with Crippen LogP contribution in [0.15, 0.2) is 0 Å². The summed E-state index contributed by atoms with van der Waals surface area (Å²) in [5.74, 6) is 0.166. The number of carbonyl (C=O) groups excluding carboxylic acids is 1. The highest BCUT2D eigenvalue weighted by atomic mass is 32.2. The third-order valence-electron chi connectivity index (χ3n) is 2.04. The lowest BCUT2D eigenvalue weighted by Crippen LogP contribution is -2.14. The molecular formula is C7H12O3S. The van der Waals surface area contributed by atoms with Gasteiger partial charge >= 0.3 is 0 Å². The normalized spacial score (nSPS) is 28.6. The Labute approximate surface area is 66.7 Å². The fraction of sp³-hybridized carbons (Fsp3) is 0.857. The number of hydrogen-bond donors (Lipinski definition) is 0. The summed E-state index contributed by atoms with van der Waals surface area (Å²) >= 11 is 0. The lowest BCUT2D eigenvalue weighted by molar-refractivity contribution is -0.121. The molecular weight excluding hydrogens is 164 g/mol. The van der Waals surface area contributed by atoms with Gasteiger partial charge in [-0.25, -0.2) is 8.42 Å². The molecule has 0 aromatic rings. The predicted octanol–water partition coefficient (Wildman–Crippen LogP) is 0.400. The van der Waals surface area contributed by atoms with Crippen molar-refractivity contribution in [3.63, 3.8) is 0 Å². The summed E-state index contributed by atoms with van der Waals surface area (Å²) in [6, 6.07) is 0. The van der Waals surface area contributed by atoms with Gasteiger partial charge in [0.2, 0.25) is 0 Å². The number of ketones is 1. The number of carbonyl (C=O) groups is 1. The SMILES string of the molecule is CCC(=O)[C@H]1CCS(=O)(=O)C1. The van der Waals surface area contributed by atoms with E-state index in [2.05, 4.69) is 0 Å². The molecule has 0 aliphatic carbocycles. The second-order valence-corrected chi connectivity index (χ2v) is 5.15. The Morgan fingerprint density at radius 2 is 2.18 bits per heavy atom. The van der Waals surface area contributed by atoms with Crippen LogP contribution in [-0.2, 0) is 14.6 Å². The van der Waals surface area contributed by atoms with Gasteiger partial charge in [-0.15, -0.1) is 0 Å². The molecule has 11 heavy (non-hydrogen) atoms. The van der Waals surface area contributed by atoms with Gasteiger partial charge in [0, 0.05) is 12.3 Å². The van der Waals surface area contributed by atoms with Crippen LogP contribution in [0.3, 0.4) is 0 Å². The zero-order valence-electron chi connectivity index (χ0n) is 6.54. The van der Waals surface area contributed by atoms with Crippen molar-refractivity contribution in [2.24, 2.45) is 5.92 Å². The maximum absolute atomic E-state index is 11.0. The molecule has 64 valence electrons. The summed E-state index contributed by atoms with van der Waals surface area (Å²) in [7, 11) is -2.87. The van der Waals surface area contributed by atoms with Crippen molar-refractivity contribution in [3.8, 4) is 0 Å². The summed E-state index contributed by atoms with van der Waals surface area (Å²) in [5.41, 5.74) is 0. The van der Waals surface area contributed by atoms with E-state index in [1.54, 1.807) is 6.92 Å². The Balaban J connectivity index is 2.62. The van der Waals surface area contributed by atoms with Crippen molar-refractivity contribution in [2.45, 2.75) is 19.8 Å². The van der Waals surface area contributed by atoms with Crippen molar-refractivity contribution in [1.82, 2.24) is 0 Å². The van der Waals surface area contributed by atoms with Crippen LogP contribution in [0.1, 0.15) is 19.8 Å². The maximum atomic E-state index is 11.0. The van der Waals surface area contributed by atoms with E-state index in [0.717, 1.165) is 0 Å². The van der Waals surface area contributed by atoms with Gasteiger partial charge in [0.25, 0.3) is 0 Å². The summed E-state index contributed by atoms with van der Waals surface area (Å²) in [6.45, 7) is 1.77. The third kappa shape index (κ3) is 2.02. The number of rotatable bonds is 2. The number of Topliss-reactive ketones (excluding diaryl/α,β-unsaturated/α-hetero) is 1. The zero-order valence-corrected chi connectivity index (χ0v) is 7.36. The van der Waals surface area contributed by atoms with Gasteiger partial charge in [-0.1, -0.05) is 6.92 Å². The topological polar surface area (TPSA) is 51.2 Å². The molecule has 0 N–H and O–H groups in total. The average Bonchev–Trinajstić information content (AvgIpc) is 2.29. The average molecular weight is 176 g/mol. The fourth-order valence-electron chi connectivity index (χ4n) is 1.34. The van der Waals surface area contributed by atoms with Gasteiger partial charge in [0.1, 0.15) is 5.78 Å². The Morgan fingerprint density at radius 1 is 1.55 bits per heavy atom. The first kappa shape index (κ1) is 8.71. The molecule has 0 aromatic heterocycles. The van der Waals surface area contributed by atoms with E-state index in [1.165, 1.54) is 0 Å². The molecule has 0 amide bonds. The molecule has 1 rings (SSSR count). The molecule has 1 heterocycles. The quantitative estimate of drug-likeness (QED) is 0.612. The largest absolute Gasteiger partial charge is 0.299 e. The summed E-state index contributed by atoms with van der Waals surface area (Å²) in [5, 5.41) is 0. The molecule has 0 saturated carbocycles. The summed E-state index contributed by atoms with van der Waals surface area (Å²) < 4.78 is 21.8. The van der Waals surface area contributed by atoms with E-state index in [9.17, 15) is 13.2 Å². The molecule has 0 bridgehead atoms. The molecule has 0 unspecified atom stereocenters. The van der Waals surface area contributed by atoms with Crippen molar-refractivity contribution in [3.05, 3.63) is 0 Å². The Bertz CT molecular complexity index is 253.